The summed E-state index contributed by atoms with van der Waals surface area (Å²) in [5.41, 5.74) is 4.60. The zero-order valence-electron chi connectivity index (χ0n) is 11.9. The first-order chi connectivity index (χ1) is 8.61. The van der Waals surface area contributed by atoms with Crippen LogP contribution in [0, 0.1) is 20.8 Å². The molecule has 0 saturated carbocycles. The third kappa shape index (κ3) is 1.97. The molecule has 0 aromatic heterocycles. The summed E-state index contributed by atoms with van der Waals surface area (Å²) >= 11 is 0. The van der Waals surface area contributed by atoms with Crippen molar-refractivity contribution in [2.75, 3.05) is 20.8 Å². The lowest BCUT2D eigenvalue weighted by Crippen LogP contribution is -2.07. The Kier molecular flexibility index (Phi) is 3.81. The Bertz CT molecular complexity index is 446. The maximum atomic E-state index is 5.82. The van der Waals surface area contributed by atoms with Crippen LogP contribution < -0.4 is 9.47 Å². The first-order valence-electron chi connectivity index (χ1n) is 6.45. The summed E-state index contributed by atoms with van der Waals surface area (Å²) in [5, 5.41) is 0. The largest absolute Gasteiger partial charge is 0.496 e. The molecule has 1 aromatic rings. The van der Waals surface area contributed by atoms with Gasteiger partial charge in [-0.3, -0.25) is 0 Å². The van der Waals surface area contributed by atoms with E-state index >= 15 is 0 Å². The minimum Gasteiger partial charge on any atom is -0.496 e. The average Bonchev–Trinajstić information content (AvgIpc) is 2.87. The van der Waals surface area contributed by atoms with Crippen LogP contribution in [0.5, 0.6) is 11.5 Å². The fourth-order valence-electron chi connectivity index (χ4n) is 2.88. The zero-order chi connectivity index (χ0) is 13.3. The van der Waals surface area contributed by atoms with E-state index in [9.17, 15) is 0 Å². The van der Waals surface area contributed by atoms with E-state index in [0.29, 0.717) is 0 Å². The van der Waals surface area contributed by atoms with Crippen LogP contribution in [-0.2, 0) is 4.74 Å². The molecule has 1 aliphatic rings. The molecule has 0 radical (unpaired) electrons. The van der Waals surface area contributed by atoms with Gasteiger partial charge >= 0.3 is 0 Å². The topological polar surface area (TPSA) is 27.7 Å². The SMILES string of the molecule is COc1c(C)c(C)c(OC)c(C2CCCO2)c1C. The summed E-state index contributed by atoms with van der Waals surface area (Å²) in [6.07, 6.45) is 2.32. The van der Waals surface area contributed by atoms with Crippen LogP contribution in [0.2, 0.25) is 0 Å². The molecule has 3 heteroatoms. The van der Waals surface area contributed by atoms with Crippen molar-refractivity contribution in [3.05, 3.63) is 22.3 Å². The molecular weight excluding hydrogens is 228 g/mol. The number of hydrogen-bond acceptors (Lipinski definition) is 3. The van der Waals surface area contributed by atoms with Crippen molar-refractivity contribution in [3.63, 3.8) is 0 Å². The molecule has 2 rings (SSSR count). The molecule has 1 heterocycles. The van der Waals surface area contributed by atoms with Crippen molar-refractivity contribution in [3.8, 4) is 11.5 Å². The minimum absolute atomic E-state index is 0.146. The Morgan fingerprint density at radius 1 is 0.944 bits per heavy atom. The lowest BCUT2D eigenvalue weighted by atomic mass is 9.93. The van der Waals surface area contributed by atoms with E-state index in [1.807, 2.05) is 0 Å². The third-order valence-corrected chi connectivity index (χ3v) is 3.89. The number of ether oxygens (including phenoxy) is 3. The molecular formula is C15H22O3. The van der Waals surface area contributed by atoms with Gasteiger partial charge in [-0.1, -0.05) is 0 Å². The first-order valence-corrected chi connectivity index (χ1v) is 6.45. The smallest absolute Gasteiger partial charge is 0.128 e. The summed E-state index contributed by atoms with van der Waals surface area (Å²) in [4.78, 5) is 0. The van der Waals surface area contributed by atoms with Crippen molar-refractivity contribution in [1.82, 2.24) is 0 Å². The van der Waals surface area contributed by atoms with Crippen LogP contribution in [0.15, 0.2) is 0 Å². The van der Waals surface area contributed by atoms with Crippen LogP contribution in [0.1, 0.15) is 41.2 Å². The van der Waals surface area contributed by atoms with Gasteiger partial charge in [-0.15, -0.1) is 0 Å². The minimum atomic E-state index is 0.146. The Labute approximate surface area is 109 Å². The van der Waals surface area contributed by atoms with Crippen molar-refractivity contribution in [2.24, 2.45) is 0 Å². The number of benzene rings is 1. The Hall–Kier alpha value is -1.22. The Morgan fingerprint density at radius 2 is 1.56 bits per heavy atom. The van der Waals surface area contributed by atoms with Gasteiger partial charge in [0, 0.05) is 17.7 Å². The Morgan fingerprint density at radius 3 is 2.06 bits per heavy atom. The van der Waals surface area contributed by atoms with Crippen molar-refractivity contribution in [1.29, 1.82) is 0 Å². The van der Waals surface area contributed by atoms with Gasteiger partial charge in [0.15, 0.2) is 0 Å². The second kappa shape index (κ2) is 5.19. The highest BCUT2D eigenvalue weighted by atomic mass is 16.5. The van der Waals surface area contributed by atoms with Crippen molar-refractivity contribution >= 4 is 0 Å². The predicted octanol–water partition coefficient (Wildman–Crippen LogP) is 3.48. The molecule has 1 atom stereocenters. The molecule has 3 nitrogen and oxygen atoms in total. The van der Waals surface area contributed by atoms with Gasteiger partial charge in [-0.25, -0.2) is 0 Å². The standard InChI is InChI=1S/C15H22O3/c1-9-10(2)15(17-5)13(11(3)14(9)16-4)12-7-6-8-18-12/h12H,6-8H2,1-5H3. The highest BCUT2D eigenvalue weighted by Gasteiger charge is 2.27. The first kappa shape index (κ1) is 13.2. The van der Waals surface area contributed by atoms with E-state index in [4.69, 9.17) is 14.2 Å². The van der Waals surface area contributed by atoms with Crippen LogP contribution in [0.4, 0.5) is 0 Å². The van der Waals surface area contributed by atoms with E-state index in [2.05, 4.69) is 20.8 Å². The molecule has 1 unspecified atom stereocenters. The summed E-state index contributed by atoms with van der Waals surface area (Å²) in [6.45, 7) is 7.07. The third-order valence-electron chi connectivity index (χ3n) is 3.89. The molecule has 0 N–H and O–H groups in total. The van der Waals surface area contributed by atoms with Crippen LogP contribution in [0.25, 0.3) is 0 Å². The second-order valence-corrected chi connectivity index (χ2v) is 4.86. The van der Waals surface area contributed by atoms with Gasteiger partial charge in [-0.2, -0.15) is 0 Å². The molecule has 1 fully saturated rings. The summed E-state index contributed by atoms with van der Waals surface area (Å²) in [7, 11) is 3.45. The molecule has 0 bridgehead atoms. The van der Waals surface area contributed by atoms with Crippen LogP contribution in [0.3, 0.4) is 0 Å². The van der Waals surface area contributed by atoms with E-state index in [1.165, 1.54) is 0 Å². The van der Waals surface area contributed by atoms with Crippen molar-refractivity contribution in [2.45, 2.75) is 39.7 Å². The molecule has 1 aliphatic heterocycles. The summed E-state index contributed by atoms with van der Waals surface area (Å²) in [5.74, 6) is 1.91. The fourth-order valence-corrected chi connectivity index (χ4v) is 2.88. The normalized spacial score (nSPS) is 19.1. The monoisotopic (exact) mass is 250 g/mol. The Balaban J connectivity index is 2.64. The number of hydrogen-bond donors (Lipinski definition) is 0. The predicted molar refractivity (Wildman–Crippen MR) is 71.7 cm³/mol. The van der Waals surface area contributed by atoms with Gasteiger partial charge in [0.2, 0.25) is 0 Å². The maximum absolute atomic E-state index is 5.82. The van der Waals surface area contributed by atoms with E-state index in [0.717, 1.165) is 53.2 Å². The maximum Gasteiger partial charge on any atom is 0.128 e. The van der Waals surface area contributed by atoms with E-state index in [-0.39, 0.29) is 6.10 Å². The number of methoxy groups -OCH3 is 2. The second-order valence-electron chi connectivity index (χ2n) is 4.86. The lowest BCUT2D eigenvalue weighted by molar-refractivity contribution is 0.108. The van der Waals surface area contributed by atoms with E-state index in [1.54, 1.807) is 14.2 Å². The van der Waals surface area contributed by atoms with Crippen molar-refractivity contribution < 1.29 is 14.2 Å². The fraction of sp³-hybridized carbons (Fsp3) is 0.600. The van der Waals surface area contributed by atoms with Gasteiger partial charge in [0.1, 0.15) is 11.5 Å². The molecule has 0 spiro atoms. The average molecular weight is 250 g/mol. The van der Waals surface area contributed by atoms with Gasteiger partial charge in [0.25, 0.3) is 0 Å². The molecule has 1 saturated heterocycles. The highest BCUT2D eigenvalue weighted by Crippen LogP contribution is 2.44. The quantitative estimate of drug-likeness (QED) is 0.822. The van der Waals surface area contributed by atoms with Crippen LogP contribution in [-0.4, -0.2) is 20.8 Å². The lowest BCUT2D eigenvalue weighted by Gasteiger charge is -2.23. The van der Waals surface area contributed by atoms with Crippen LogP contribution >= 0.6 is 0 Å². The van der Waals surface area contributed by atoms with Gasteiger partial charge in [-0.05, 0) is 44.7 Å². The number of rotatable bonds is 3. The zero-order valence-corrected chi connectivity index (χ0v) is 11.9. The van der Waals surface area contributed by atoms with Gasteiger partial charge < -0.3 is 14.2 Å². The molecule has 0 aliphatic carbocycles. The highest BCUT2D eigenvalue weighted by molar-refractivity contribution is 5.58. The van der Waals surface area contributed by atoms with Gasteiger partial charge in [0.05, 0.1) is 20.3 Å². The molecule has 1 aromatic carbocycles. The molecule has 0 amide bonds. The molecule has 18 heavy (non-hydrogen) atoms. The van der Waals surface area contributed by atoms with E-state index < -0.39 is 0 Å². The molecule has 100 valence electrons. The summed E-state index contributed by atoms with van der Waals surface area (Å²) in [6, 6.07) is 0. The summed E-state index contributed by atoms with van der Waals surface area (Å²) < 4.78 is 17.0.